The lowest BCUT2D eigenvalue weighted by Gasteiger charge is -2.42. The Bertz CT molecular complexity index is 577. The summed E-state index contributed by atoms with van der Waals surface area (Å²) in [6.45, 7) is 11.5. The predicted octanol–water partition coefficient (Wildman–Crippen LogP) is 2.85. The first-order valence-corrected chi connectivity index (χ1v) is 9.08. The van der Waals surface area contributed by atoms with Gasteiger partial charge in [0.1, 0.15) is 11.6 Å². The first kappa shape index (κ1) is 19.7. The summed E-state index contributed by atoms with van der Waals surface area (Å²) in [6, 6.07) is -0.566. The number of carboxylic acids is 1. The highest BCUT2D eigenvalue weighted by molar-refractivity contribution is 5.90. The van der Waals surface area contributed by atoms with Crippen LogP contribution in [0.2, 0.25) is 0 Å². The normalized spacial score (nSPS) is 31.8. The Hall–Kier alpha value is -1.59. The average Bonchev–Trinajstić information content (AvgIpc) is 3.00. The van der Waals surface area contributed by atoms with Crippen molar-refractivity contribution in [1.82, 2.24) is 4.90 Å². The van der Waals surface area contributed by atoms with Crippen LogP contribution in [0.1, 0.15) is 67.2 Å². The summed E-state index contributed by atoms with van der Waals surface area (Å²) in [7, 11) is 0. The monoisotopic (exact) mass is 353 g/mol. The minimum Gasteiger partial charge on any atom is -0.481 e. The number of hydrogen-bond donors (Lipinski definition) is 1. The Morgan fingerprint density at radius 2 is 1.72 bits per heavy atom. The zero-order valence-corrected chi connectivity index (χ0v) is 16.2. The fraction of sp³-hybridized carbons (Fsp3) is 0.842. The van der Waals surface area contributed by atoms with Crippen molar-refractivity contribution in [2.75, 3.05) is 6.54 Å². The number of amides is 1. The summed E-state index contributed by atoms with van der Waals surface area (Å²) < 4.78 is 5.48. The van der Waals surface area contributed by atoms with E-state index < -0.39 is 34.4 Å². The van der Waals surface area contributed by atoms with Crippen LogP contribution in [0.25, 0.3) is 0 Å². The molecule has 0 spiro atoms. The Morgan fingerprint density at radius 3 is 2.20 bits per heavy atom. The number of nitrogens with zero attached hydrogens (tertiary/aromatic N) is 1. The van der Waals surface area contributed by atoms with Gasteiger partial charge in [0.05, 0.1) is 11.3 Å². The number of rotatable bonds is 3. The number of carboxylic acid groups (broad SMARTS) is 1. The molecule has 1 N–H and O–H groups in total. The molecule has 2 rings (SSSR count). The first-order valence-electron chi connectivity index (χ1n) is 9.08. The second-order valence-corrected chi connectivity index (χ2v) is 9.17. The Labute approximate surface area is 149 Å². The molecule has 1 heterocycles. The molecule has 0 aromatic carbocycles. The van der Waals surface area contributed by atoms with Gasteiger partial charge >= 0.3 is 11.9 Å². The Kier molecular flexibility index (Phi) is 4.96. The van der Waals surface area contributed by atoms with Gasteiger partial charge in [-0.2, -0.15) is 0 Å². The topological polar surface area (TPSA) is 83.9 Å². The van der Waals surface area contributed by atoms with E-state index in [1.165, 1.54) is 0 Å². The van der Waals surface area contributed by atoms with Gasteiger partial charge in [0, 0.05) is 6.54 Å². The quantitative estimate of drug-likeness (QED) is 0.789. The third kappa shape index (κ3) is 3.40. The van der Waals surface area contributed by atoms with E-state index in [9.17, 15) is 19.5 Å². The van der Waals surface area contributed by atoms with Crippen molar-refractivity contribution >= 4 is 17.8 Å². The number of hydrogen-bond acceptors (Lipinski definition) is 4. The second kappa shape index (κ2) is 6.29. The number of carbonyl (C=O) groups excluding carboxylic acids is 2. The zero-order chi connectivity index (χ0) is 19.2. The molecule has 0 radical (unpaired) electrons. The van der Waals surface area contributed by atoms with Crippen LogP contribution in [0, 0.1) is 16.7 Å². The molecule has 3 atom stereocenters. The van der Waals surface area contributed by atoms with Crippen molar-refractivity contribution < 1.29 is 24.2 Å². The fourth-order valence-electron chi connectivity index (χ4n) is 4.26. The largest absolute Gasteiger partial charge is 0.481 e. The van der Waals surface area contributed by atoms with E-state index in [0.29, 0.717) is 25.8 Å². The van der Waals surface area contributed by atoms with E-state index in [1.54, 1.807) is 4.90 Å². The molecule has 1 saturated heterocycles. The second-order valence-electron chi connectivity index (χ2n) is 9.17. The van der Waals surface area contributed by atoms with Crippen LogP contribution in [0.4, 0.5) is 0 Å². The molecule has 6 heteroatoms. The van der Waals surface area contributed by atoms with Crippen molar-refractivity contribution in [2.24, 2.45) is 16.7 Å². The number of carbonyl (C=O) groups is 3. The van der Waals surface area contributed by atoms with Gasteiger partial charge in [0.25, 0.3) is 0 Å². The van der Waals surface area contributed by atoms with Crippen LogP contribution in [0.15, 0.2) is 0 Å². The van der Waals surface area contributed by atoms with E-state index >= 15 is 0 Å². The summed E-state index contributed by atoms with van der Waals surface area (Å²) in [5.41, 5.74) is -2.06. The number of ether oxygens (including phenoxy) is 1. The smallest absolute Gasteiger partial charge is 0.329 e. The van der Waals surface area contributed by atoms with Crippen molar-refractivity contribution in [1.29, 1.82) is 0 Å². The molecule has 25 heavy (non-hydrogen) atoms. The molecule has 0 bridgehead atoms. The lowest BCUT2D eigenvalue weighted by atomic mass is 9.65. The molecule has 2 fully saturated rings. The number of likely N-dealkylation sites (tertiary alicyclic amines) is 1. The third-order valence-corrected chi connectivity index (χ3v) is 6.19. The molecule has 1 aliphatic heterocycles. The SMILES string of the molecule is CC(C)(C)OC(=O)[C@@H]1CCCN1C(=O)[C@]1(C)CC[C@H](C(=O)O)C1(C)C. The molecular weight excluding hydrogens is 322 g/mol. The highest BCUT2D eigenvalue weighted by Gasteiger charge is 2.60. The molecule has 6 nitrogen and oxygen atoms in total. The summed E-state index contributed by atoms with van der Waals surface area (Å²) in [5.74, 6) is -1.89. The van der Waals surface area contributed by atoms with E-state index in [0.717, 1.165) is 6.42 Å². The van der Waals surface area contributed by atoms with Crippen LogP contribution < -0.4 is 0 Å². The highest BCUT2D eigenvalue weighted by Crippen LogP contribution is 2.57. The summed E-state index contributed by atoms with van der Waals surface area (Å²) in [5, 5.41) is 9.50. The van der Waals surface area contributed by atoms with Gasteiger partial charge in [0.15, 0.2) is 0 Å². The minimum absolute atomic E-state index is 0.116. The lowest BCUT2D eigenvalue weighted by Crippen LogP contribution is -2.53. The maximum Gasteiger partial charge on any atom is 0.329 e. The van der Waals surface area contributed by atoms with E-state index in [-0.39, 0.29) is 11.9 Å². The van der Waals surface area contributed by atoms with Gasteiger partial charge < -0.3 is 14.7 Å². The van der Waals surface area contributed by atoms with Gasteiger partial charge in [-0.15, -0.1) is 0 Å². The minimum atomic E-state index is -0.855. The van der Waals surface area contributed by atoms with Crippen LogP contribution >= 0.6 is 0 Å². The van der Waals surface area contributed by atoms with Crippen LogP contribution in [0.5, 0.6) is 0 Å². The summed E-state index contributed by atoms with van der Waals surface area (Å²) in [6.07, 6.45) is 2.36. The molecule has 1 amide bonds. The van der Waals surface area contributed by atoms with E-state index in [4.69, 9.17) is 4.74 Å². The van der Waals surface area contributed by atoms with Crippen molar-refractivity contribution in [3.8, 4) is 0 Å². The zero-order valence-electron chi connectivity index (χ0n) is 16.2. The van der Waals surface area contributed by atoms with E-state index in [2.05, 4.69) is 0 Å². The molecule has 1 saturated carbocycles. The van der Waals surface area contributed by atoms with E-state index in [1.807, 2.05) is 41.5 Å². The third-order valence-electron chi connectivity index (χ3n) is 6.19. The molecule has 0 aromatic rings. The average molecular weight is 353 g/mol. The van der Waals surface area contributed by atoms with Gasteiger partial charge in [-0.1, -0.05) is 20.8 Å². The van der Waals surface area contributed by atoms with Gasteiger partial charge in [0.2, 0.25) is 5.91 Å². The highest BCUT2D eigenvalue weighted by atomic mass is 16.6. The maximum atomic E-state index is 13.4. The molecule has 0 aromatic heterocycles. The van der Waals surface area contributed by atoms with Gasteiger partial charge in [-0.25, -0.2) is 4.79 Å². The molecule has 2 aliphatic rings. The number of esters is 1. The maximum absolute atomic E-state index is 13.4. The van der Waals surface area contributed by atoms with Crippen molar-refractivity contribution in [3.63, 3.8) is 0 Å². The van der Waals surface area contributed by atoms with Crippen LogP contribution in [-0.2, 0) is 19.1 Å². The lowest BCUT2D eigenvalue weighted by molar-refractivity contribution is -0.167. The standard InChI is InChI=1S/C19H31NO5/c1-17(2,3)25-15(23)13-8-7-11-20(13)16(24)19(6)10-9-12(14(21)22)18(19,4)5/h12-13H,7-11H2,1-6H3,(H,21,22)/t12-,13+,19+/m1/s1. The number of aliphatic carboxylic acids is 1. The Morgan fingerprint density at radius 1 is 1.12 bits per heavy atom. The predicted molar refractivity (Wildman–Crippen MR) is 92.8 cm³/mol. The molecule has 0 unspecified atom stereocenters. The van der Waals surface area contributed by atoms with Gasteiger partial charge in [-0.05, 0) is 51.9 Å². The van der Waals surface area contributed by atoms with Crippen LogP contribution in [0.3, 0.4) is 0 Å². The van der Waals surface area contributed by atoms with Crippen molar-refractivity contribution in [2.45, 2.75) is 78.9 Å². The molecule has 142 valence electrons. The molecule has 1 aliphatic carbocycles. The van der Waals surface area contributed by atoms with Gasteiger partial charge in [-0.3, -0.25) is 9.59 Å². The summed E-state index contributed by atoms with van der Waals surface area (Å²) in [4.78, 5) is 39.1. The summed E-state index contributed by atoms with van der Waals surface area (Å²) >= 11 is 0. The first-order chi connectivity index (χ1) is 11.3. The fourth-order valence-corrected chi connectivity index (χ4v) is 4.26. The Balaban J connectivity index is 2.24. The molecular formula is C19H31NO5. The van der Waals surface area contributed by atoms with Crippen molar-refractivity contribution in [3.05, 3.63) is 0 Å². The van der Waals surface area contributed by atoms with Crippen LogP contribution in [-0.4, -0.2) is 46.0 Å².